The molecule has 0 atom stereocenters. The summed E-state index contributed by atoms with van der Waals surface area (Å²) in [4.78, 5) is 19.6. The quantitative estimate of drug-likeness (QED) is 0.459. The van der Waals surface area contributed by atoms with Gasteiger partial charge in [-0.1, -0.05) is 35.5 Å². The third kappa shape index (κ3) is 3.79. The van der Waals surface area contributed by atoms with Gasteiger partial charge in [0.05, 0.1) is 18.3 Å². The first-order chi connectivity index (χ1) is 15.2. The first kappa shape index (κ1) is 19.4. The molecule has 1 amide bonds. The average molecular weight is 417 g/mol. The second-order valence-corrected chi connectivity index (χ2v) is 7.63. The van der Waals surface area contributed by atoms with Crippen LogP contribution in [0.4, 0.5) is 0 Å². The van der Waals surface area contributed by atoms with Gasteiger partial charge in [-0.3, -0.25) is 4.79 Å². The van der Waals surface area contributed by atoms with E-state index in [0.29, 0.717) is 48.3 Å². The zero-order chi connectivity index (χ0) is 21.2. The van der Waals surface area contributed by atoms with Gasteiger partial charge in [0.15, 0.2) is 0 Å². The molecule has 0 unspecified atom stereocenters. The molecule has 158 valence electrons. The smallest absolute Gasteiger partial charge is 0.254 e. The van der Waals surface area contributed by atoms with Gasteiger partial charge in [-0.15, -0.1) is 0 Å². The van der Waals surface area contributed by atoms with Crippen molar-refractivity contribution in [1.29, 1.82) is 0 Å². The number of fused-ring (bicyclic) bond motifs is 1. The zero-order valence-electron chi connectivity index (χ0n) is 17.3. The molecule has 7 nitrogen and oxygen atoms in total. The van der Waals surface area contributed by atoms with Crippen LogP contribution in [0.2, 0.25) is 0 Å². The fourth-order valence-corrected chi connectivity index (χ4v) is 4.05. The van der Waals surface area contributed by atoms with E-state index in [-0.39, 0.29) is 11.8 Å². The molecule has 4 aromatic rings. The van der Waals surface area contributed by atoms with Crippen molar-refractivity contribution in [3.05, 3.63) is 66.2 Å². The molecule has 7 heteroatoms. The molecule has 1 aliphatic rings. The Labute approximate surface area is 179 Å². The first-order valence-corrected chi connectivity index (χ1v) is 10.6. The molecule has 2 aromatic carbocycles. The van der Waals surface area contributed by atoms with Crippen molar-refractivity contribution in [3.63, 3.8) is 0 Å². The Morgan fingerprint density at radius 1 is 1.16 bits per heavy atom. The van der Waals surface area contributed by atoms with Crippen LogP contribution in [-0.2, 0) is 0 Å². The number of hydrogen-bond acceptors (Lipinski definition) is 6. The monoisotopic (exact) mass is 417 g/mol. The van der Waals surface area contributed by atoms with Gasteiger partial charge in [-0.05, 0) is 38.0 Å². The molecular weight excluding hydrogens is 394 g/mol. The molecule has 0 radical (unpaired) electrons. The summed E-state index contributed by atoms with van der Waals surface area (Å²) in [5, 5.41) is 5.00. The summed E-state index contributed by atoms with van der Waals surface area (Å²) in [5.41, 5.74) is 2.17. The topological polar surface area (TPSA) is 81.6 Å². The molecule has 0 aliphatic carbocycles. The Morgan fingerprint density at radius 3 is 2.74 bits per heavy atom. The van der Waals surface area contributed by atoms with Gasteiger partial charge >= 0.3 is 0 Å². The highest BCUT2D eigenvalue weighted by atomic mass is 16.5. The van der Waals surface area contributed by atoms with Gasteiger partial charge < -0.3 is 18.6 Å². The van der Waals surface area contributed by atoms with Gasteiger partial charge in [-0.25, -0.2) is 0 Å². The van der Waals surface area contributed by atoms with Crippen LogP contribution in [0.25, 0.3) is 22.4 Å². The minimum absolute atomic E-state index is 0.0202. The maximum Gasteiger partial charge on any atom is 0.254 e. The maximum atomic E-state index is 13.1. The normalized spacial score (nSPS) is 14.8. The Balaban J connectivity index is 1.28. The largest absolute Gasteiger partial charge is 0.493 e. The van der Waals surface area contributed by atoms with Gasteiger partial charge in [0.25, 0.3) is 5.91 Å². The van der Waals surface area contributed by atoms with E-state index in [1.807, 2.05) is 48.2 Å². The number of carbonyl (C=O) groups is 1. The highest BCUT2D eigenvalue weighted by Crippen LogP contribution is 2.32. The predicted octanol–water partition coefficient (Wildman–Crippen LogP) is 4.90. The van der Waals surface area contributed by atoms with Gasteiger partial charge in [0, 0.05) is 30.1 Å². The fraction of sp³-hybridized carbons (Fsp3) is 0.292. The first-order valence-electron chi connectivity index (χ1n) is 10.6. The molecule has 1 fully saturated rings. The Morgan fingerprint density at radius 2 is 1.97 bits per heavy atom. The van der Waals surface area contributed by atoms with E-state index in [1.54, 1.807) is 18.4 Å². The third-order valence-electron chi connectivity index (χ3n) is 5.69. The number of likely N-dealkylation sites (tertiary alicyclic amines) is 1. The Kier molecular flexibility index (Phi) is 5.16. The van der Waals surface area contributed by atoms with E-state index in [0.717, 1.165) is 23.8 Å². The minimum Gasteiger partial charge on any atom is -0.493 e. The van der Waals surface area contributed by atoms with Crippen LogP contribution < -0.4 is 4.74 Å². The van der Waals surface area contributed by atoms with E-state index in [9.17, 15) is 4.79 Å². The third-order valence-corrected chi connectivity index (χ3v) is 5.69. The summed E-state index contributed by atoms with van der Waals surface area (Å²) in [7, 11) is 0. The molecular formula is C24H23N3O4. The molecule has 3 heterocycles. The SMILES string of the molecule is CCOc1cc(C(=O)N2CCC(c3nc(-c4ccccc4)no3)CC2)cc2occc12. The van der Waals surface area contributed by atoms with Crippen LogP contribution in [0.15, 0.2) is 63.7 Å². The van der Waals surface area contributed by atoms with Crippen LogP contribution in [0.1, 0.15) is 41.9 Å². The summed E-state index contributed by atoms with van der Waals surface area (Å²) in [5.74, 6) is 2.05. The summed E-state index contributed by atoms with van der Waals surface area (Å²) >= 11 is 0. The highest BCUT2D eigenvalue weighted by Gasteiger charge is 2.28. The van der Waals surface area contributed by atoms with Gasteiger partial charge in [0.1, 0.15) is 11.3 Å². The number of benzene rings is 2. The van der Waals surface area contributed by atoms with Gasteiger partial charge in [0.2, 0.25) is 11.7 Å². The van der Waals surface area contributed by atoms with Crippen LogP contribution in [-0.4, -0.2) is 40.6 Å². The molecule has 1 aliphatic heterocycles. The summed E-state index contributed by atoms with van der Waals surface area (Å²) in [6, 6.07) is 15.2. The van der Waals surface area contributed by atoms with E-state index in [1.165, 1.54) is 0 Å². The second kappa shape index (κ2) is 8.26. The lowest BCUT2D eigenvalue weighted by molar-refractivity contribution is 0.0704. The van der Waals surface area contributed by atoms with E-state index < -0.39 is 0 Å². The lowest BCUT2D eigenvalue weighted by Gasteiger charge is -2.30. The number of hydrogen-bond donors (Lipinski definition) is 0. The van der Waals surface area contributed by atoms with Crippen LogP contribution in [0, 0.1) is 0 Å². The Bertz CT molecular complexity index is 1190. The van der Waals surface area contributed by atoms with Crippen molar-refractivity contribution in [3.8, 4) is 17.1 Å². The molecule has 1 saturated heterocycles. The maximum absolute atomic E-state index is 13.1. The fourth-order valence-electron chi connectivity index (χ4n) is 4.05. The number of nitrogens with zero attached hydrogens (tertiary/aromatic N) is 3. The van der Waals surface area contributed by atoms with Crippen molar-refractivity contribution in [1.82, 2.24) is 15.0 Å². The summed E-state index contributed by atoms with van der Waals surface area (Å²) in [6.45, 7) is 3.71. The number of carbonyl (C=O) groups excluding carboxylic acids is 1. The van der Waals surface area contributed by atoms with E-state index >= 15 is 0 Å². The van der Waals surface area contributed by atoms with Crippen molar-refractivity contribution in [2.75, 3.05) is 19.7 Å². The summed E-state index contributed by atoms with van der Waals surface area (Å²) < 4.78 is 16.8. The van der Waals surface area contributed by atoms with Crippen molar-refractivity contribution in [2.24, 2.45) is 0 Å². The number of piperidine rings is 1. The number of ether oxygens (including phenoxy) is 1. The lowest BCUT2D eigenvalue weighted by atomic mass is 9.96. The highest BCUT2D eigenvalue weighted by molar-refractivity contribution is 5.99. The number of rotatable bonds is 5. The van der Waals surface area contributed by atoms with E-state index in [4.69, 9.17) is 13.7 Å². The summed E-state index contributed by atoms with van der Waals surface area (Å²) in [6.07, 6.45) is 3.17. The molecule has 5 rings (SSSR count). The number of aromatic nitrogens is 2. The standard InChI is InChI=1S/C24H23N3O4/c1-2-29-20-14-18(15-21-19(20)10-13-30-21)24(28)27-11-8-17(9-12-27)23-25-22(26-31-23)16-6-4-3-5-7-16/h3-7,10,13-15,17H,2,8-9,11-12H2,1H3. The molecule has 2 aromatic heterocycles. The van der Waals surface area contributed by atoms with Crippen LogP contribution in [0.5, 0.6) is 5.75 Å². The molecule has 0 saturated carbocycles. The van der Waals surface area contributed by atoms with Crippen LogP contribution in [0.3, 0.4) is 0 Å². The van der Waals surface area contributed by atoms with Crippen molar-refractivity contribution < 1.29 is 18.5 Å². The minimum atomic E-state index is -0.0202. The average Bonchev–Trinajstić information content (AvgIpc) is 3.49. The molecule has 0 spiro atoms. The van der Waals surface area contributed by atoms with Crippen LogP contribution >= 0.6 is 0 Å². The predicted molar refractivity (Wildman–Crippen MR) is 115 cm³/mol. The van der Waals surface area contributed by atoms with Gasteiger partial charge in [-0.2, -0.15) is 4.98 Å². The molecule has 31 heavy (non-hydrogen) atoms. The number of furan rings is 1. The molecule has 0 N–H and O–H groups in total. The second-order valence-electron chi connectivity index (χ2n) is 7.63. The number of amides is 1. The van der Waals surface area contributed by atoms with E-state index in [2.05, 4.69) is 10.1 Å². The Hall–Kier alpha value is -3.61. The lowest BCUT2D eigenvalue weighted by Crippen LogP contribution is -2.38. The van der Waals surface area contributed by atoms with Crippen molar-refractivity contribution >= 4 is 16.9 Å². The molecule has 0 bridgehead atoms. The van der Waals surface area contributed by atoms with Crippen molar-refractivity contribution in [2.45, 2.75) is 25.7 Å². The zero-order valence-corrected chi connectivity index (χ0v) is 17.3.